The molecule has 2 aromatic heterocycles. The first kappa shape index (κ1) is 17.3. The van der Waals surface area contributed by atoms with Crippen LogP contribution in [-0.2, 0) is 11.3 Å². The molecule has 1 amide bonds. The van der Waals surface area contributed by atoms with Crippen LogP contribution in [0.1, 0.15) is 12.7 Å². The highest BCUT2D eigenvalue weighted by molar-refractivity contribution is 7.21. The van der Waals surface area contributed by atoms with Gasteiger partial charge in [0.2, 0.25) is 5.91 Å². The van der Waals surface area contributed by atoms with Gasteiger partial charge in [-0.15, -0.1) is 11.3 Å². The summed E-state index contributed by atoms with van der Waals surface area (Å²) in [6.07, 6.45) is 1.59. The van der Waals surface area contributed by atoms with Crippen molar-refractivity contribution < 1.29 is 9.21 Å². The van der Waals surface area contributed by atoms with E-state index in [9.17, 15) is 4.79 Å². The number of carbonyl (C=O) groups excluding carboxylic acids is 1. The molecule has 6 heteroatoms. The zero-order valence-corrected chi connectivity index (χ0v) is 15.6. The third kappa shape index (κ3) is 4.01. The van der Waals surface area contributed by atoms with Crippen molar-refractivity contribution in [2.24, 2.45) is 0 Å². The van der Waals surface area contributed by atoms with E-state index in [1.54, 1.807) is 23.7 Å². The monoisotopic (exact) mass is 377 g/mol. The van der Waals surface area contributed by atoms with E-state index in [1.807, 2.05) is 55.5 Å². The topological polar surface area (TPSA) is 67.2 Å². The number of carbonyl (C=O) groups is 1. The minimum atomic E-state index is -0.353. The summed E-state index contributed by atoms with van der Waals surface area (Å²) in [5.74, 6) is 0.650. The van der Waals surface area contributed by atoms with E-state index in [0.717, 1.165) is 27.5 Å². The van der Waals surface area contributed by atoms with Crippen LogP contribution in [0.5, 0.6) is 0 Å². The largest absolute Gasteiger partial charge is 0.467 e. The fourth-order valence-electron chi connectivity index (χ4n) is 2.76. The van der Waals surface area contributed by atoms with Gasteiger partial charge in [0, 0.05) is 11.3 Å². The Morgan fingerprint density at radius 2 is 1.93 bits per heavy atom. The lowest BCUT2D eigenvalue weighted by atomic mass is 10.2. The van der Waals surface area contributed by atoms with Gasteiger partial charge >= 0.3 is 0 Å². The number of nitrogens with one attached hydrogen (secondary N) is 2. The lowest BCUT2D eigenvalue weighted by molar-refractivity contribution is -0.121. The summed E-state index contributed by atoms with van der Waals surface area (Å²) in [6.45, 7) is 2.22. The molecule has 5 nitrogen and oxygen atoms in total. The molecule has 1 atom stereocenters. The zero-order valence-electron chi connectivity index (χ0n) is 14.8. The van der Waals surface area contributed by atoms with Gasteiger partial charge in [-0.3, -0.25) is 4.79 Å². The number of anilines is 1. The van der Waals surface area contributed by atoms with E-state index in [4.69, 9.17) is 4.42 Å². The molecule has 0 aliphatic rings. The van der Waals surface area contributed by atoms with Crippen molar-refractivity contribution in [3.05, 3.63) is 72.7 Å². The lowest BCUT2D eigenvalue weighted by Gasteiger charge is -2.15. The first-order valence-corrected chi connectivity index (χ1v) is 9.53. The molecule has 0 unspecified atom stereocenters. The molecule has 0 aliphatic heterocycles. The van der Waals surface area contributed by atoms with Crippen LogP contribution >= 0.6 is 11.3 Å². The van der Waals surface area contributed by atoms with Gasteiger partial charge in [0.15, 0.2) is 0 Å². The standard InChI is InChI=1S/C21H19N3O2S/c1-14(20(25)22-13-17-5-4-12-26-17)23-16-10-8-15(9-11-16)21-24-18-6-2-3-7-19(18)27-21/h2-12,14,23H,13H2,1H3,(H,22,25)/t14-/m0/s1. The predicted molar refractivity (Wildman–Crippen MR) is 109 cm³/mol. The van der Waals surface area contributed by atoms with Crippen molar-refractivity contribution in [2.45, 2.75) is 19.5 Å². The number of hydrogen-bond acceptors (Lipinski definition) is 5. The molecule has 4 aromatic rings. The Morgan fingerprint density at radius 1 is 1.11 bits per heavy atom. The van der Waals surface area contributed by atoms with E-state index in [2.05, 4.69) is 21.7 Å². The number of aromatic nitrogens is 1. The molecular weight excluding hydrogens is 358 g/mol. The van der Waals surface area contributed by atoms with Crippen LogP contribution in [0.2, 0.25) is 0 Å². The Labute approximate surface area is 161 Å². The summed E-state index contributed by atoms with van der Waals surface area (Å²) in [4.78, 5) is 16.9. The summed E-state index contributed by atoms with van der Waals surface area (Å²) in [5.41, 5.74) is 2.97. The smallest absolute Gasteiger partial charge is 0.242 e. The molecule has 0 aliphatic carbocycles. The van der Waals surface area contributed by atoms with Gasteiger partial charge in [-0.1, -0.05) is 12.1 Å². The van der Waals surface area contributed by atoms with E-state index >= 15 is 0 Å². The SMILES string of the molecule is C[C@H](Nc1ccc(-c2nc3ccccc3s2)cc1)C(=O)NCc1ccco1. The second-order valence-electron chi connectivity index (χ2n) is 6.23. The van der Waals surface area contributed by atoms with Crippen molar-refractivity contribution in [3.63, 3.8) is 0 Å². The van der Waals surface area contributed by atoms with E-state index in [1.165, 1.54) is 4.70 Å². The molecule has 0 saturated carbocycles. The zero-order chi connectivity index (χ0) is 18.6. The molecule has 0 radical (unpaired) electrons. The quantitative estimate of drug-likeness (QED) is 0.512. The van der Waals surface area contributed by atoms with Gasteiger partial charge in [0.05, 0.1) is 23.0 Å². The number of nitrogens with zero attached hydrogens (tertiary/aromatic N) is 1. The Bertz CT molecular complexity index is 1010. The molecule has 27 heavy (non-hydrogen) atoms. The number of fused-ring (bicyclic) bond motifs is 1. The van der Waals surface area contributed by atoms with Crippen LogP contribution in [0.15, 0.2) is 71.3 Å². The van der Waals surface area contributed by atoms with E-state index in [0.29, 0.717) is 6.54 Å². The van der Waals surface area contributed by atoms with Crippen molar-refractivity contribution in [1.29, 1.82) is 0 Å². The number of rotatable bonds is 6. The minimum Gasteiger partial charge on any atom is -0.467 e. The first-order chi connectivity index (χ1) is 13.2. The molecule has 0 bridgehead atoms. The Balaban J connectivity index is 1.39. The van der Waals surface area contributed by atoms with Gasteiger partial charge in [-0.2, -0.15) is 0 Å². The molecule has 2 N–H and O–H groups in total. The molecule has 136 valence electrons. The van der Waals surface area contributed by atoms with Crippen LogP contribution in [-0.4, -0.2) is 16.9 Å². The molecular formula is C21H19N3O2S. The number of furan rings is 1. The molecule has 2 aromatic carbocycles. The lowest BCUT2D eigenvalue weighted by Crippen LogP contribution is -2.37. The summed E-state index contributed by atoms with van der Waals surface area (Å²) >= 11 is 1.68. The van der Waals surface area contributed by atoms with E-state index in [-0.39, 0.29) is 11.9 Å². The van der Waals surface area contributed by atoms with Gasteiger partial charge in [-0.25, -0.2) is 4.98 Å². The first-order valence-electron chi connectivity index (χ1n) is 8.72. The second-order valence-corrected chi connectivity index (χ2v) is 7.26. The van der Waals surface area contributed by atoms with Crippen LogP contribution in [0.25, 0.3) is 20.8 Å². The predicted octanol–water partition coefficient (Wildman–Crippen LogP) is 4.67. The second kappa shape index (κ2) is 7.63. The molecule has 0 fully saturated rings. The average Bonchev–Trinajstić information content (AvgIpc) is 3.36. The van der Waals surface area contributed by atoms with Crippen molar-refractivity contribution in [1.82, 2.24) is 10.3 Å². The molecule has 4 rings (SSSR count). The summed E-state index contributed by atoms with van der Waals surface area (Å²) < 4.78 is 6.40. The molecule has 0 saturated heterocycles. The van der Waals surface area contributed by atoms with Crippen LogP contribution in [0.4, 0.5) is 5.69 Å². The third-order valence-electron chi connectivity index (χ3n) is 4.22. The third-order valence-corrected chi connectivity index (χ3v) is 5.30. The maximum Gasteiger partial charge on any atom is 0.242 e. The van der Waals surface area contributed by atoms with Crippen molar-refractivity contribution in [3.8, 4) is 10.6 Å². The fourth-order valence-corrected chi connectivity index (χ4v) is 3.73. The molecule has 0 spiro atoms. The normalized spacial score (nSPS) is 12.0. The Kier molecular flexibility index (Phi) is 4.89. The van der Waals surface area contributed by atoms with Crippen molar-refractivity contribution in [2.75, 3.05) is 5.32 Å². The van der Waals surface area contributed by atoms with Gasteiger partial charge in [-0.05, 0) is 55.5 Å². The Morgan fingerprint density at radius 3 is 2.67 bits per heavy atom. The Hall–Kier alpha value is -3.12. The number of amides is 1. The molecule has 2 heterocycles. The van der Waals surface area contributed by atoms with E-state index < -0.39 is 0 Å². The number of thiazole rings is 1. The van der Waals surface area contributed by atoms with Crippen molar-refractivity contribution >= 4 is 33.1 Å². The fraction of sp³-hybridized carbons (Fsp3) is 0.143. The minimum absolute atomic E-state index is 0.0818. The van der Waals surface area contributed by atoms with Gasteiger partial charge < -0.3 is 15.1 Å². The summed E-state index contributed by atoms with van der Waals surface area (Å²) in [6, 6.07) is 19.4. The average molecular weight is 377 g/mol. The highest BCUT2D eigenvalue weighted by atomic mass is 32.1. The number of hydrogen-bond donors (Lipinski definition) is 2. The van der Waals surface area contributed by atoms with Gasteiger partial charge in [0.25, 0.3) is 0 Å². The summed E-state index contributed by atoms with van der Waals surface area (Å²) in [7, 11) is 0. The maximum atomic E-state index is 12.2. The summed E-state index contributed by atoms with van der Waals surface area (Å²) in [5, 5.41) is 7.06. The highest BCUT2D eigenvalue weighted by Crippen LogP contribution is 2.30. The number of benzene rings is 2. The van der Waals surface area contributed by atoms with Crippen LogP contribution < -0.4 is 10.6 Å². The van der Waals surface area contributed by atoms with Crippen LogP contribution in [0, 0.1) is 0 Å². The highest BCUT2D eigenvalue weighted by Gasteiger charge is 2.13. The number of para-hydroxylation sites is 1. The maximum absolute atomic E-state index is 12.2. The van der Waals surface area contributed by atoms with Gasteiger partial charge in [0.1, 0.15) is 16.8 Å². The van der Waals surface area contributed by atoms with Crippen LogP contribution in [0.3, 0.4) is 0 Å².